The fourth-order valence-electron chi connectivity index (χ4n) is 0.699. The number of hydrogen-bond acceptors (Lipinski definition) is 5. The molecule has 0 saturated carbocycles. The molecule has 0 fully saturated rings. The fraction of sp³-hybridized carbons (Fsp3) is 0.500. The van der Waals surface area contributed by atoms with E-state index in [-0.39, 0.29) is 11.3 Å². The summed E-state index contributed by atoms with van der Waals surface area (Å²) in [5.74, 6) is 1.09. The van der Waals surface area contributed by atoms with Gasteiger partial charge in [0.25, 0.3) is 0 Å². The third-order valence-corrected chi connectivity index (χ3v) is 1.44. The van der Waals surface area contributed by atoms with E-state index in [2.05, 4.69) is 20.3 Å². The molecule has 0 radical (unpaired) electrons. The predicted molar refractivity (Wildman–Crippen MR) is 48.1 cm³/mol. The van der Waals surface area contributed by atoms with Gasteiger partial charge in [0.1, 0.15) is 0 Å². The van der Waals surface area contributed by atoms with E-state index in [1.807, 2.05) is 0 Å². The average molecular weight is 188 g/mol. The summed E-state index contributed by atoms with van der Waals surface area (Å²) < 4.78 is 0. The molecule has 66 valence electrons. The standard InChI is InChI=1S/C6H10ClN5/c1-3(7)4-10-5(8)12-6(9-2)11-4/h3H,1-2H3,(H3,8,9,10,11,12). The van der Waals surface area contributed by atoms with Gasteiger partial charge in [0.15, 0.2) is 5.82 Å². The van der Waals surface area contributed by atoms with Crippen molar-refractivity contribution in [1.29, 1.82) is 0 Å². The van der Waals surface area contributed by atoms with Gasteiger partial charge < -0.3 is 11.1 Å². The summed E-state index contributed by atoms with van der Waals surface area (Å²) in [6, 6.07) is 0. The number of anilines is 2. The molecule has 12 heavy (non-hydrogen) atoms. The van der Waals surface area contributed by atoms with E-state index in [4.69, 9.17) is 17.3 Å². The summed E-state index contributed by atoms with van der Waals surface area (Å²) in [4.78, 5) is 11.7. The van der Waals surface area contributed by atoms with Gasteiger partial charge in [-0.25, -0.2) is 0 Å². The number of halogens is 1. The molecule has 1 heterocycles. The molecule has 0 aromatic carbocycles. The first-order valence-electron chi connectivity index (χ1n) is 3.46. The summed E-state index contributed by atoms with van der Waals surface area (Å²) in [7, 11) is 1.71. The summed E-state index contributed by atoms with van der Waals surface area (Å²) in [6.45, 7) is 1.77. The first-order chi connectivity index (χ1) is 5.63. The second-order valence-corrected chi connectivity index (χ2v) is 2.90. The zero-order valence-corrected chi connectivity index (χ0v) is 7.63. The summed E-state index contributed by atoms with van der Waals surface area (Å²) in [5, 5.41) is 2.50. The summed E-state index contributed by atoms with van der Waals surface area (Å²) >= 11 is 5.77. The molecule has 1 unspecified atom stereocenters. The van der Waals surface area contributed by atoms with Crippen molar-refractivity contribution in [2.45, 2.75) is 12.3 Å². The molecular weight excluding hydrogens is 178 g/mol. The molecule has 0 saturated heterocycles. The van der Waals surface area contributed by atoms with Crippen molar-refractivity contribution in [3.8, 4) is 0 Å². The number of hydrogen-bond donors (Lipinski definition) is 2. The molecule has 1 atom stereocenters. The SMILES string of the molecule is CNc1nc(N)nc(C(C)Cl)n1. The van der Waals surface area contributed by atoms with Gasteiger partial charge in [0.05, 0.1) is 5.38 Å². The van der Waals surface area contributed by atoms with Crippen molar-refractivity contribution in [2.24, 2.45) is 0 Å². The molecule has 0 spiro atoms. The van der Waals surface area contributed by atoms with Crippen LogP contribution in [-0.2, 0) is 0 Å². The quantitative estimate of drug-likeness (QED) is 0.670. The summed E-state index contributed by atoms with van der Waals surface area (Å²) in [6.07, 6.45) is 0. The predicted octanol–water partition coefficient (Wildman–Crippen LogP) is 0.795. The molecule has 0 aliphatic heterocycles. The molecule has 1 aromatic rings. The second kappa shape index (κ2) is 3.53. The molecule has 1 aromatic heterocycles. The monoisotopic (exact) mass is 187 g/mol. The van der Waals surface area contributed by atoms with E-state index in [0.29, 0.717) is 11.8 Å². The Morgan fingerprint density at radius 1 is 1.42 bits per heavy atom. The lowest BCUT2D eigenvalue weighted by Crippen LogP contribution is -2.07. The third kappa shape index (κ3) is 1.94. The molecule has 3 N–H and O–H groups in total. The van der Waals surface area contributed by atoms with Crippen LogP contribution < -0.4 is 11.1 Å². The van der Waals surface area contributed by atoms with Crippen LogP contribution in [0.4, 0.5) is 11.9 Å². The maximum Gasteiger partial charge on any atom is 0.227 e. The number of nitrogen functional groups attached to an aromatic ring is 1. The van der Waals surface area contributed by atoms with Crippen LogP contribution in [0.5, 0.6) is 0 Å². The van der Waals surface area contributed by atoms with Gasteiger partial charge in [0, 0.05) is 7.05 Å². The Balaban J connectivity index is 3.06. The Hall–Kier alpha value is -1.10. The van der Waals surface area contributed by atoms with E-state index in [0.717, 1.165) is 0 Å². The largest absolute Gasteiger partial charge is 0.368 e. The highest BCUT2D eigenvalue weighted by Crippen LogP contribution is 2.16. The molecule has 6 heteroatoms. The molecular formula is C6H10ClN5. The maximum atomic E-state index is 5.77. The van der Waals surface area contributed by atoms with Crippen molar-refractivity contribution >= 4 is 23.5 Å². The number of nitrogens with two attached hydrogens (primary N) is 1. The van der Waals surface area contributed by atoms with Gasteiger partial charge >= 0.3 is 0 Å². The van der Waals surface area contributed by atoms with Gasteiger partial charge in [-0.2, -0.15) is 15.0 Å². The zero-order chi connectivity index (χ0) is 9.14. The number of nitrogens with one attached hydrogen (secondary N) is 1. The van der Waals surface area contributed by atoms with E-state index in [9.17, 15) is 0 Å². The van der Waals surface area contributed by atoms with Crippen molar-refractivity contribution in [3.05, 3.63) is 5.82 Å². The maximum absolute atomic E-state index is 5.77. The molecule has 0 aliphatic carbocycles. The Morgan fingerprint density at radius 2 is 2.08 bits per heavy atom. The lowest BCUT2D eigenvalue weighted by atomic mass is 10.4. The van der Waals surface area contributed by atoms with E-state index in [1.165, 1.54) is 0 Å². The Kier molecular flexibility index (Phi) is 2.65. The third-order valence-electron chi connectivity index (χ3n) is 1.25. The minimum atomic E-state index is -0.262. The minimum absolute atomic E-state index is 0.178. The lowest BCUT2D eigenvalue weighted by Gasteiger charge is -2.04. The number of nitrogens with zero attached hydrogens (tertiary/aromatic N) is 3. The van der Waals surface area contributed by atoms with Crippen molar-refractivity contribution in [1.82, 2.24) is 15.0 Å². The van der Waals surface area contributed by atoms with Crippen molar-refractivity contribution in [3.63, 3.8) is 0 Å². The molecule has 0 aliphatic rings. The highest BCUT2D eigenvalue weighted by molar-refractivity contribution is 6.20. The Bertz CT molecular complexity index is 275. The Morgan fingerprint density at radius 3 is 2.58 bits per heavy atom. The molecule has 5 nitrogen and oxygen atoms in total. The lowest BCUT2D eigenvalue weighted by molar-refractivity contribution is 0.886. The first-order valence-corrected chi connectivity index (χ1v) is 3.90. The van der Waals surface area contributed by atoms with Gasteiger partial charge in [-0.05, 0) is 6.92 Å². The van der Waals surface area contributed by atoms with Crippen LogP contribution in [0, 0.1) is 0 Å². The summed E-state index contributed by atoms with van der Waals surface area (Å²) in [5.41, 5.74) is 5.41. The van der Waals surface area contributed by atoms with Crippen LogP contribution in [0.25, 0.3) is 0 Å². The van der Waals surface area contributed by atoms with Gasteiger partial charge in [-0.3, -0.25) is 0 Å². The topological polar surface area (TPSA) is 76.7 Å². The van der Waals surface area contributed by atoms with Crippen LogP contribution in [-0.4, -0.2) is 22.0 Å². The van der Waals surface area contributed by atoms with Crippen molar-refractivity contribution < 1.29 is 0 Å². The average Bonchev–Trinajstić information content (AvgIpc) is 2.03. The van der Waals surface area contributed by atoms with Crippen LogP contribution in [0.1, 0.15) is 18.1 Å². The van der Waals surface area contributed by atoms with Gasteiger partial charge in [0.2, 0.25) is 11.9 Å². The van der Waals surface area contributed by atoms with Crippen molar-refractivity contribution in [2.75, 3.05) is 18.1 Å². The van der Waals surface area contributed by atoms with E-state index >= 15 is 0 Å². The zero-order valence-electron chi connectivity index (χ0n) is 6.87. The number of aromatic nitrogens is 3. The minimum Gasteiger partial charge on any atom is -0.368 e. The number of alkyl halides is 1. The van der Waals surface area contributed by atoms with Gasteiger partial charge in [-0.1, -0.05) is 0 Å². The molecule has 0 amide bonds. The highest BCUT2D eigenvalue weighted by Gasteiger charge is 2.07. The molecule has 0 bridgehead atoms. The van der Waals surface area contributed by atoms with E-state index in [1.54, 1.807) is 14.0 Å². The van der Waals surface area contributed by atoms with Crippen LogP contribution in [0.2, 0.25) is 0 Å². The van der Waals surface area contributed by atoms with Crippen LogP contribution in [0.15, 0.2) is 0 Å². The highest BCUT2D eigenvalue weighted by atomic mass is 35.5. The fourth-order valence-corrected chi connectivity index (χ4v) is 0.797. The van der Waals surface area contributed by atoms with E-state index < -0.39 is 0 Å². The first kappa shape index (κ1) is 8.99. The Labute approximate surface area is 75.4 Å². The second-order valence-electron chi connectivity index (χ2n) is 2.24. The number of rotatable bonds is 2. The van der Waals surface area contributed by atoms with Crippen LogP contribution in [0.3, 0.4) is 0 Å². The normalized spacial score (nSPS) is 12.6. The smallest absolute Gasteiger partial charge is 0.227 e. The van der Waals surface area contributed by atoms with Crippen LogP contribution >= 0.6 is 11.6 Å². The van der Waals surface area contributed by atoms with Gasteiger partial charge in [-0.15, -0.1) is 11.6 Å². The molecule has 1 rings (SSSR count).